The highest BCUT2D eigenvalue weighted by Crippen LogP contribution is 2.22. The summed E-state index contributed by atoms with van der Waals surface area (Å²) < 4.78 is 5.42. The fourth-order valence-corrected chi connectivity index (χ4v) is 2.69. The van der Waals surface area contributed by atoms with Gasteiger partial charge in [-0.2, -0.15) is 0 Å². The third kappa shape index (κ3) is 3.13. The standard InChI is InChI=1S/C16H19N3O2/c1-10-6-11(2)8-12(7-10)18-15(20)14-9-21-16(19-14)13-4-3-5-17-13/h6-9,13,17H,3-5H2,1-2H3,(H,18,20). The van der Waals surface area contributed by atoms with Crippen LogP contribution >= 0.6 is 0 Å². The molecule has 1 aromatic heterocycles. The number of nitrogens with zero attached hydrogens (tertiary/aromatic N) is 1. The minimum absolute atomic E-state index is 0.132. The number of rotatable bonds is 3. The molecule has 1 aliphatic rings. The van der Waals surface area contributed by atoms with E-state index in [9.17, 15) is 4.79 Å². The lowest BCUT2D eigenvalue weighted by Gasteiger charge is -2.06. The summed E-state index contributed by atoms with van der Waals surface area (Å²) in [6.45, 7) is 4.97. The molecule has 1 unspecified atom stereocenters. The van der Waals surface area contributed by atoms with E-state index < -0.39 is 0 Å². The molecule has 0 spiro atoms. The summed E-state index contributed by atoms with van der Waals surface area (Å²) in [5.74, 6) is 0.353. The van der Waals surface area contributed by atoms with Gasteiger partial charge in [-0.15, -0.1) is 0 Å². The molecular weight excluding hydrogens is 266 g/mol. The summed E-state index contributed by atoms with van der Waals surface area (Å²) in [5, 5.41) is 6.16. The van der Waals surface area contributed by atoms with Crippen molar-refractivity contribution in [3.63, 3.8) is 0 Å². The Morgan fingerprint density at radius 1 is 1.33 bits per heavy atom. The highest BCUT2D eigenvalue weighted by Gasteiger charge is 2.22. The Morgan fingerprint density at radius 3 is 2.76 bits per heavy atom. The number of hydrogen-bond acceptors (Lipinski definition) is 4. The molecule has 5 nitrogen and oxygen atoms in total. The minimum Gasteiger partial charge on any atom is -0.446 e. The normalized spacial score (nSPS) is 17.9. The van der Waals surface area contributed by atoms with Crippen molar-refractivity contribution in [1.29, 1.82) is 0 Å². The van der Waals surface area contributed by atoms with Crippen LogP contribution in [-0.2, 0) is 0 Å². The molecule has 2 aromatic rings. The van der Waals surface area contributed by atoms with Crippen molar-refractivity contribution in [3.05, 3.63) is 47.2 Å². The zero-order valence-corrected chi connectivity index (χ0v) is 12.3. The third-order valence-corrected chi connectivity index (χ3v) is 3.59. The van der Waals surface area contributed by atoms with Gasteiger partial charge in [-0.25, -0.2) is 4.98 Å². The first-order valence-corrected chi connectivity index (χ1v) is 7.20. The highest BCUT2D eigenvalue weighted by molar-refractivity contribution is 6.02. The Hall–Kier alpha value is -2.14. The summed E-state index contributed by atoms with van der Waals surface area (Å²) >= 11 is 0. The van der Waals surface area contributed by atoms with E-state index in [2.05, 4.69) is 21.7 Å². The van der Waals surface area contributed by atoms with Crippen LogP contribution < -0.4 is 10.6 Å². The Morgan fingerprint density at radius 2 is 2.10 bits per heavy atom. The van der Waals surface area contributed by atoms with Crippen molar-refractivity contribution in [3.8, 4) is 0 Å². The van der Waals surface area contributed by atoms with Gasteiger partial charge in [-0.1, -0.05) is 6.07 Å². The van der Waals surface area contributed by atoms with Crippen LogP contribution in [0.25, 0.3) is 0 Å². The number of carbonyl (C=O) groups excluding carboxylic acids is 1. The number of hydrogen-bond donors (Lipinski definition) is 2. The quantitative estimate of drug-likeness (QED) is 0.909. The molecule has 1 aromatic carbocycles. The van der Waals surface area contributed by atoms with E-state index in [1.54, 1.807) is 0 Å². The van der Waals surface area contributed by atoms with E-state index in [0.29, 0.717) is 11.6 Å². The van der Waals surface area contributed by atoms with Crippen molar-refractivity contribution in [1.82, 2.24) is 10.3 Å². The number of oxazole rings is 1. The second-order valence-corrected chi connectivity index (χ2v) is 5.55. The molecule has 1 aliphatic heterocycles. The van der Waals surface area contributed by atoms with Gasteiger partial charge in [0, 0.05) is 5.69 Å². The first-order chi connectivity index (χ1) is 10.1. The van der Waals surface area contributed by atoms with E-state index in [0.717, 1.165) is 36.2 Å². The topological polar surface area (TPSA) is 67.2 Å². The molecular formula is C16H19N3O2. The number of carbonyl (C=O) groups is 1. The summed E-state index contributed by atoms with van der Waals surface area (Å²) in [6.07, 6.45) is 3.53. The van der Waals surface area contributed by atoms with Gasteiger partial charge < -0.3 is 15.1 Å². The molecule has 0 bridgehead atoms. The Bertz CT molecular complexity index is 637. The van der Waals surface area contributed by atoms with Crippen LogP contribution in [0.4, 0.5) is 5.69 Å². The minimum atomic E-state index is -0.243. The Balaban J connectivity index is 1.73. The van der Waals surface area contributed by atoms with Crippen molar-refractivity contribution in [2.45, 2.75) is 32.7 Å². The molecule has 0 radical (unpaired) electrons. The molecule has 2 heterocycles. The smallest absolute Gasteiger partial charge is 0.277 e. The van der Waals surface area contributed by atoms with Gasteiger partial charge in [0.25, 0.3) is 5.91 Å². The van der Waals surface area contributed by atoms with Crippen LogP contribution in [0.3, 0.4) is 0 Å². The molecule has 110 valence electrons. The highest BCUT2D eigenvalue weighted by atomic mass is 16.3. The maximum Gasteiger partial charge on any atom is 0.277 e. The van der Waals surface area contributed by atoms with Crippen LogP contribution in [-0.4, -0.2) is 17.4 Å². The molecule has 0 saturated carbocycles. The summed E-state index contributed by atoms with van der Waals surface area (Å²) in [6, 6.07) is 6.07. The molecule has 2 N–H and O–H groups in total. The van der Waals surface area contributed by atoms with E-state index in [1.165, 1.54) is 6.26 Å². The lowest BCUT2D eigenvalue weighted by Crippen LogP contribution is -2.15. The average molecular weight is 285 g/mol. The van der Waals surface area contributed by atoms with Crippen LogP contribution in [0.1, 0.15) is 46.4 Å². The number of aromatic nitrogens is 1. The molecule has 0 aliphatic carbocycles. The maximum atomic E-state index is 12.2. The fraction of sp³-hybridized carbons (Fsp3) is 0.375. The number of amides is 1. The van der Waals surface area contributed by atoms with Gasteiger partial charge in [0.15, 0.2) is 5.69 Å². The summed E-state index contributed by atoms with van der Waals surface area (Å²) in [4.78, 5) is 16.5. The zero-order chi connectivity index (χ0) is 14.8. The predicted molar refractivity (Wildman–Crippen MR) is 80.3 cm³/mol. The number of benzene rings is 1. The van der Waals surface area contributed by atoms with Crippen LogP contribution in [0.5, 0.6) is 0 Å². The number of anilines is 1. The SMILES string of the molecule is Cc1cc(C)cc(NC(=O)c2coc(C3CCCN3)n2)c1. The molecule has 21 heavy (non-hydrogen) atoms. The fourth-order valence-electron chi connectivity index (χ4n) is 2.69. The van der Waals surface area contributed by atoms with Gasteiger partial charge in [0.1, 0.15) is 6.26 Å². The maximum absolute atomic E-state index is 12.2. The van der Waals surface area contributed by atoms with E-state index in [1.807, 2.05) is 26.0 Å². The molecule has 1 amide bonds. The van der Waals surface area contributed by atoms with E-state index in [4.69, 9.17) is 4.42 Å². The molecule has 1 saturated heterocycles. The van der Waals surface area contributed by atoms with Crippen molar-refractivity contribution in [2.24, 2.45) is 0 Å². The number of aryl methyl sites for hydroxylation is 2. The largest absolute Gasteiger partial charge is 0.446 e. The monoisotopic (exact) mass is 285 g/mol. The Labute approximate surface area is 123 Å². The summed E-state index contributed by atoms with van der Waals surface area (Å²) in [7, 11) is 0. The van der Waals surface area contributed by atoms with E-state index >= 15 is 0 Å². The molecule has 1 fully saturated rings. The second kappa shape index (κ2) is 5.69. The lowest BCUT2D eigenvalue weighted by atomic mass is 10.1. The molecule has 5 heteroatoms. The predicted octanol–water partition coefficient (Wildman–Crippen LogP) is 2.97. The van der Waals surface area contributed by atoms with Gasteiger partial charge in [-0.05, 0) is 56.5 Å². The van der Waals surface area contributed by atoms with Crippen LogP contribution in [0, 0.1) is 13.8 Å². The van der Waals surface area contributed by atoms with Crippen molar-refractivity contribution >= 4 is 11.6 Å². The number of nitrogens with one attached hydrogen (secondary N) is 2. The van der Waals surface area contributed by atoms with Crippen LogP contribution in [0.2, 0.25) is 0 Å². The molecule has 1 atom stereocenters. The van der Waals surface area contributed by atoms with Gasteiger partial charge in [0.2, 0.25) is 5.89 Å². The van der Waals surface area contributed by atoms with Gasteiger partial charge in [0.05, 0.1) is 6.04 Å². The zero-order valence-electron chi connectivity index (χ0n) is 12.3. The van der Waals surface area contributed by atoms with Crippen LogP contribution in [0.15, 0.2) is 28.9 Å². The lowest BCUT2D eigenvalue weighted by molar-refractivity contribution is 0.102. The first kappa shape index (κ1) is 13.8. The Kier molecular flexibility index (Phi) is 3.75. The third-order valence-electron chi connectivity index (χ3n) is 3.59. The van der Waals surface area contributed by atoms with E-state index in [-0.39, 0.29) is 11.9 Å². The van der Waals surface area contributed by atoms with Gasteiger partial charge >= 0.3 is 0 Å². The van der Waals surface area contributed by atoms with Crippen molar-refractivity contribution < 1.29 is 9.21 Å². The van der Waals surface area contributed by atoms with Gasteiger partial charge in [-0.3, -0.25) is 4.79 Å². The summed E-state index contributed by atoms with van der Waals surface area (Å²) in [5.41, 5.74) is 3.32. The average Bonchev–Trinajstić information content (AvgIpc) is 3.09. The first-order valence-electron chi connectivity index (χ1n) is 7.20. The second-order valence-electron chi connectivity index (χ2n) is 5.55. The van der Waals surface area contributed by atoms with Crippen molar-refractivity contribution in [2.75, 3.05) is 11.9 Å². The molecule has 3 rings (SSSR count).